The third-order valence-electron chi connectivity index (χ3n) is 9.43. The van der Waals surface area contributed by atoms with Gasteiger partial charge >= 0.3 is 0 Å². The zero-order chi connectivity index (χ0) is 29.5. The molecule has 0 spiro atoms. The summed E-state index contributed by atoms with van der Waals surface area (Å²) >= 11 is 0. The Labute approximate surface area is 259 Å². The Hall–Kier alpha value is -5.26. The maximum atomic E-state index is 6.32. The number of terminal acetylenes is 1. The Balaban J connectivity index is 1.13. The summed E-state index contributed by atoms with van der Waals surface area (Å²) in [6, 6.07) is 39.6. The van der Waals surface area contributed by atoms with Gasteiger partial charge < -0.3 is 0 Å². The van der Waals surface area contributed by atoms with Crippen LogP contribution in [0.25, 0.3) is 44.8 Å². The van der Waals surface area contributed by atoms with Crippen LogP contribution in [0.5, 0.6) is 0 Å². The fourth-order valence-corrected chi connectivity index (χ4v) is 7.22. The SMILES string of the molecule is C#CC(Cc1ccccc1-c1ccc2c(c1)CCc1cccnc1-2)c1ccccc1-c1ccc2c(c1)CCc1cccnc1-2. The van der Waals surface area contributed by atoms with Crippen LogP contribution in [0.2, 0.25) is 0 Å². The number of hydrogen-bond donors (Lipinski definition) is 0. The van der Waals surface area contributed by atoms with E-state index in [2.05, 4.69) is 103 Å². The van der Waals surface area contributed by atoms with Crippen LogP contribution in [0.3, 0.4) is 0 Å². The van der Waals surface area contributed by atoms with Crippen LogP contribution < -0.4 is 0 Å². The van der Waals surface area contributed by atoms with E-state index >= 15 is 0 Å². The Bertz CT molecular complexity index is 2080. The van der Waals surface area contributed by atoms with E-state index in [0.29, 0.717) is 0 Å². The monoisotopic (exact) mass is 564 g/mol. The summed E-state index contributed by atoms with van der Waals surface area (Å²) in [6.45, 7) is 0. The minimum Gasteiger partial charge on any atom is -0.256 e. The van der Waals surface area contributed by atoms with Crippen LogP contribution in [-0.4, -0.2) is 9.97 Å². The van der Waals surface area contributed by atoms with Gasteiger partial charge in [0.1, 0.15) is 0 Å². The van der Waals surface area contributed by atoms with E-state index in [1.54, 1.807) is 0 Å². The van der Waals surface area contributed by atoms with Crippen LogP contribution in [0.15, 0.2) is 122 Å². The molecule has 44 heavy (non-hydrogen) atoms. The second kappa shape index (κ2) is 11.1. The third-order valence-corrected chi connectivity index (χ3v) is 9.43. The molecule has 2 aliphatic carbocycles. The third kappa shape index (κ3) is 4.62. The first kappa shape index (κ1) is 26.4. The van der Waals surface area contributed by atoms with Crippen molar-refractivity contribution in [3.63, 3.8) is 0 Å². The molecule has 0 fully saturated rings. The van der Waals surface area contributed by atoms with Gasteiger partial charge in [-0.3, -0.25) is 9.97 Å². The van der Waals surface area contributed by atoms with Gasteiger partial charge in [-0.25, -0.2) is 0 Å². The van der Waals surface area contributed by atoms with Crippen molar-refractivity contribution < 1.29 is 0 Å². The van der Waals surface area contributed by atoms with Gasteiger partial charge in [0.05, 0.1) is 11.4 Å². The lowest BCUT2D eigenvalue weighted by Gasteiger charge is -2.22. The number of benzene rings is 4. The van der Waals surface area contributed by atoms with E-state index in [4.69, 9.17) is 16.4 Å². The zero-order valence-corrected chi connectivity index (χ0v) is 24.6. The number of pyridine rings is 2. The van der Waals surface area contributed by atoms with Crippen LogP contribution in [0.4, 0.5) is 0 Å². The number of rotatable bonds is 5. The first-order valence-electron chi connectivity index (χ1n) is 15.5. The fraction of sp³-hybridized carbons (Fsp3) is 0.143. The van der Waals surface area contributed by atoms with Crippen LogP contribution >= 0.6 is 0 Å². The largest absolute Gasteiger partial charge is 0.256 e. The summed E-state index contributed by atoms with van der Waals surface area (Å²) in [7, 11) is 0. The van der Waals surface area contributed by atoms with Gasteiger partial charge in [-0.2, -0.15) is 0 Å². The summed E-state index contributed by atoms with van der Waals surface area (Å²) in [5.41, 5.74) is 17.5. The summed E-state index contributed by atoms with van der Waals surface area (Å²) in [4.78, 5) is 9.41. The first-order valence-corrected chi connectivity index (χ1v) is 15.5. The van der Waals surface area contributed by atoms with E-state index < -0.39 is 0 Å². The highest BCUT2D eigenvalue weighted by Gasteiger charge is 2.22. The molecular weight excluding hydrogens is 532 g/mol. The van der Waals surface area contributed by atoms with Gasteiger partial charge in [0.25, 0.3) is 0 Å². The number of hydrogen-bond acceptors (Lipinski definition) is 2. The highest BCUT2D eigenvalue weighted by molar-refractivity contribution is 5.78. The average molecular weight is 565 g/mol. The number of aryl methyl sites for hydroxylation is 4. The number of nitrogens with zero attached hydrogens (tertiary/aromatic N) is 2. The standard InChI is InChI=1S/C42H32N2/c1-2-28(37-13-5-6-14-38(37)33-20-22-40-35(27-33)18-16-30-11-8-24-44-42(30)40)25-31-9-3-4-12-36(31)32-19-21-39-34(26-32)17-15-29-10-7-23-43-41(29)39/h1,3-14,19-24,26-28H,15-18,25H2. The quantitative estimate of drug-likeness (QED) is 0.195. The van der Waals surface area contributed by atoms with Crippen molar-refractivity contribution in [1.29, 1.82) is 0 Å². The minimum absolute atomic E-state index is 0.0560. The van der Waals surface area contributed by atoms with Gasteiger partial charge in [-0.1, -0.05) is 103 Å². The predicted octanol–water partition coefficient (Wildman–Crippen LogP) is 9.30. The predicted molar refractivity (Wildman–Crippen MR) is 180 cm³/mol. The van der Waals surface area contributed by atoms with Crippen molar-refractivity contribution in [1.82, 2.24) is 9.97 Å². The molecule has 0 radical (unpaired) electrons. The highest BCUT2D eigenvalue weighted by Crippen LogP contribution is 2.39. The molecule has 2 heterocycles. The summed E-state index contributed by atoms with van der Waals surface area (Å²) in [6.07, 6.45) is 15.0. The van der Waals surface area contributed by atoms with Gasteiger partial charge in [0.15, 0.2) is 0 Å². The smallest absolute Gasteiger partial charge is 0.0736 e. The molecule has 0 N–H and O–H groups in total. The Morgan fingerprint density at radius 1 is 0.545 bits per heavy atom. The van der Waals surface area contributed by atoms with Gasteiger partial charge in [0.2, 0.25) is 0 Å². The van der Waals surface area contributed by atoms with Crippen LogP contribution in [0, 0.1) is 12.3 Å². The normalized spacial score (nSPS) is 13.5. The molecule has 0 bridgehead atoms. The summed E-state index contributed by atoms with van der Waals surface area (Å²) in [5, 5.41) is 0. The molecule has 0 amide bonds. The molecule has 8 rings (SSSR count). The zero-order valence-electron chi connectivity index (χ0n) is 24.6. The van der Waals surface area contributed by atoms with Crippen molar-refractivity contribution in [2.75, 3.05) is 0 Å². The molecule has 4 aromatic carbocycles. The minimum atomic E-state index is -0.0560. The first-order chi connectivity index (χ1) is 21.8. The van der Waals surface area contributed by atoms with Crippen molar-refractivity contribution in [3.05, 3.63) is 155 Å². The van der Waals surface area contributed by atoms with E-state index in [1.807, 2.05) is 24.5 Å². The lowest BCUT2D eigenvalue weighted by atomic mass is 9.82. The molecule has 210 valence electrons. The van der Waals surface area contributed by atoms with Crippen molar-refractivity contribution in [2.24, 2.45) is 0 Å². The lowest BCUT2D eigenvalue weighted by molar-refractivity contribution is 0.866. The van der Waals surface area contributed by atoms with Crippen molar-refractivity contribution >= 4 is 0 Å². The number of fused-ring (bicyclic) bond motifs is 6. The van der Waals surface area contributed by atoms with Crippen LogP contribution in [-0.2, 0) is 32.1 Å². The molecule has 1 atom stereocenters. The molecule has 6 aromatic rings. The molecule has 2 nitrogen and oxygen atoms in total. The molecule has 1 unspecified atom stereocenters. The van der Waals surface area contributed by atoms with Crippen LogP contribution in [0.1, 0.15) is 39.3 Å². The summed E-state index contributed by atoms with van der Waals surface area (Å²) < 4.78 is 0. The van der Waals surface area contributed by atoms with Crippen molar-refractivity contribution in [2.45, 2.75) is 38.0 Å². The lowest BCUT2D eigenvalue weighted by Crippen LogP contribution is -2.07. The van der Waals surface area contributed by atoms with E-state index in [1.165, 1.54) is 66.8 Å². The second-order valence-corrected chi connectivity index (χ2v) is 11.9. The molecule has 2 aromatic heterocycles. The van der Waals surface area contributed by atoms with E-state index in [-0.39, 0.29) is 5.92 Å². The second-order valence-electron chi connectivity index (χ2n) is 11.9. The molecule has 2 heteroatoms. The van der Waals surface area contributed by atoms with Gasteiger partial charge in [-0.05, 0) is 99.9 Å². The Morgan fingerprint density at radius 2 is 1.09 bits per heavy atom. The molecule has 0 aliphatic heterocycles. The Morgan fingerprint density at radius 3 is 1.73 bits per heavy atom. The fourth-order valence-electron chi connectivity index (χ4n) is 7.22. The van der Waals surface area contributed by atoms with E-state index in [0.717, 1.165) is 43.5 Å². The number of aromatic nitrogens is 2. The summed E-state index contributed by atoms with van der Waals surface area (Å²) in [5.74, 6) is 3.12. The van der Waals surface area contributed by atoms with Gasteiger partial charge in [-0.15, -0.1) is 6.42 Å². The topological polar surface area (TPSA) is 25.8 Å². The molecular formula is C42H32N2. The van der Waals surface area contributed by atoms with Crippen molar-refractivity contribution in [3.8, 4) is 57.1 Å². The molecule has 2 aliphatic rings. The maximum Gasteiger partial charge on any atom is 0.0736 e. The van der Waals surface area contributed by atoms with E-state index in [9.17, 15) is 0 Å². The van der Waals surface area contributed by atoms with Gasteiger partial charge in [0, 0.05) is 29.4 Å². The molecule has 0 saturated heterocycles. The maximum absolute atomic E-state index is 6.32. The molecule has 0 saturated carbocycles. The Kier molecular flexibility index (Phi) is 6.65. The highest BCUT2D eigenvalue weighted by atomic mass is 14.7. The average Bonchev–Trinajstić information content (AvgIpc) is 3.10.